The lowest BCUT2D eigenvalue weighted by molar-refractivity contribution is -0.114. The third kappa shape index (κ3) is 6.27. The SMILES string of the molecule is CC(=O)Nc1ccc(NC(=O)Nc2ccc(-c3nc(N4CCOCC4)c4ncc(-c5cccnc5F)cc4n3)c(F)c2)cc1. The number of carbonyl (C=O) groups is 2. The van der Waals surface area contributed by atoms with E-state index in [4.69, 9.17) is 9.72 Å². The fourth-order valence-corrected chi connectivity index (χ4v) is 4.78. The molecule has 3 N–H and O–H groups in total. The summed E-state index contributed by atoms with van der Waals surface area (Å²) in [6.45, 7) is 3.51. The first kappa shape index (κ1) is 28.6. The standard InChI is InChI=1S/C31H26F2N8O3/c1-18(42)36-20-4-6-21(7-5-20)37-31(43)38-22-8-9-24(25(32)16-22)29-39-26-15-19(23-3-2-10-34-28(23)33)17-35-27(26)30(40-29)41-11-13-44-14-12-41/h2-10,15-17H,11-14H2,1H3,(H,36,42)(H2,37,38,43). The van der Waals surface area contributed by atoms with Crippen molar-refractivity contribution in [1.82, 2.24) is 19.9 Å². The zero-order valence-electron chi connectivity index (χ0n) is 23.5. The summed E-state index contributed by atoms with van der Waals surface area (Å²) < 4.78 is 35.5. The molecule has 1 fully saturated rings. The number of amides is 3. The van der Waals surface area contributed by atoms with Gasteiger partial charge in [-0.25, -0.2) is 24.1 Å². The third-order valence-corrected chi connectivity index (χ3v) is 6.83. The summed E-state index contributed by atoms with van der Waals surface area (Å²) in [4.78, 5) is 43.3. The van der Waals surface area contributed by atoms with E-state index >= 15 is 4.39 Å². The molecule has 0 saturated carbocycles. The number of urea groups is 1. The van der Waals surface area contributed by atoms with Gasteiger partial charge in [0.25, 0.3) is 0 Å². The number of hydrogen-bond donors (Lipinski definition) is 3. The monoisotopic (exact) mass is 596 g/mol. The number of nitrogens with one attached hydrogen (secondary N) is 3. The fourth-order valence-electron chi connectivity index (χ4n) is 4.78. The number of aromatic nitrogens is 4. The molecule has 5 aromatic rings. The Labute approximate surface area is 250 Å². The van der Waals surface area contributed by atoms with Crippen LogP contribution < -0.4 is 20.9 Å². The van der Waals surface area contributed by atoms with Crippen LogP contribution in [0.15, 0.2) is 73.1 Å². The topological polar surface area (TPSA) is 134 Å². The smallest absolute Gasteiger partial charge is 0.323 e. The van der Waals surface area contributed by atoms with Gasteiger partial charge in [0, 0.05) is 60.6 Å². The molecule has 3 amide bonds. The molecule has 2 aromatic carbocycles. The van der Waals surface area contributed by atoms with Crippen molar-refractivity contribution in [2.45, 2.75) is 6.92 Å². The zero-order valence-corrected chi connectivity index (χ0v) is 23.5. The van der Waals surface area contributed by atoms with Gasteiger partial charge in [0.2, 0.25) is 11.9 Å². The van der Waals surface area contributed by atoms with Gasteiger partial charge in [-0.15, -0.1) is 0 Å². The van der Waals surface area contributed by atoms with E-state index in [0.29, 0.717) is 60.1 Å². The number of benzene rings is 2. The Balaban J connectivity index is 1.29. The summed E-state index contributed by atoms with van der Waals surface area (Å²) in [5, 5.41) is 7.91. The Morgan fingerprint density at radius 1 is 0.841 bits per heavy atom. The second-order valence-corrected chi connectivity index (χ2v) is 9.94. The summed E-state index contributed by atoms with van der Waals surface area (Å²) in [5.41, 5.74) is 3.02. The highest BCUT2D eigenvalue weighted by atomic mass is 19.1. The van der Waals surface area contributed by atoms with E-state index in [9.17, 15) is 14.0 Å². The van der Waals surface area contributed by atoms with Crippen molar-refractivity contribution in [3.8, 4) is 22.5 Å². The lowest BCUT2D eigenvalue weighted by Gasteiger charge is -2.28. The number of hydrogen-bond acceptors (Lipinski definition) is 8. The first-order chi connectivity index (χ1) is 21.3. The van der Waals surface area contributed by atoms with Crippen LogP contribution in [-0.2, 0) is 9.53 Å². The van der Waals surface area contributed by atoms with Gasteiger partial charge in [-0.05, 0) is 60.7 Å². The van der Waals surface area contributed by atoms with Crippen molar-refractivity contribution in [2.24, 2.45) is 0 Å². The molecule has 4 heterocycles. The van der Waals surface area contributed by atoms with Gasteiger partial charge in [-0.2, -0.15) is 4.39 Å². The molecule has 1 aliphatic rings. The van der Waals surface area contributed by atoms with Crippen LogP contribution in [0.4, 0.5) is 36.5 Å². The molecule has 6 rings (SSSR count). The number of pyridine rings is 2. The van der Waals surface area contributed by atoms with Crippen molar-refractivity contribution in [1.29, 1.82) is 0 Å². The largest absolute Gasteiger partial charge is 0.378 e. The van der Waals surface area contributed by atoms with Crippen molar-refractivity contribution in [3.63, 3.8) is 0 Å². The normalized spacial score (nSPS) is 13.0. The highest BCUT2D eigenvalue weighted by molar-refractivity contribution is 6.00. The molecule has 0 unspecified atom stereocenters. The maximum Gasteiger partial charge on any atom is 0.323 e. The van der Waals surface area contributed by atoms with Crippen LogP contribution in [0.25, 0.3) is 33.5 Å². The van der Waals surface area contributed by atoms with Gasteiger partial charge < -0.3 is 25.6 Å². The van der Waals surface area contributed by atoms with E-state index in [1.807, 2.05) is 4.90 Å². The van der Waals surface area contributed by atoms with Crippen molar-refractivity contribution in [3.05, 3.63) is 84.8 Å². The highest BCUT2D eigenvalue weighted by Gasteiger charge is 2.21. The highest BCUT2D eigenvalue weighted by Crippen LogP contribution is 2.32. The lowest BCUT2D eigenvalue weighted by atomic mass is 10.1. The van der Waals surface area contributed by atoms with E-state index in [-0.39, 0.29) is 28.5 Å². The number of morpholine rings is 1. The number of rotatable bonds is 6. The van der Waals surface area contributed by atoms with Crippen LogP contribution in [0.2, 0.25) is 0 Å². The van der Waals surface area contributed by atoms with Crippen LogP contribution in [0.3, 0.4) is 0 Å². The van der Waals surface area contributed by atoms with Gasteiger partial charge in [0.15, 0.2) is 11.6 Å². The van der Waals surface area contributed by atoms with E-state index in [0.717, 1.165) is 0 Å². The Morgan fingerprint density at radius 3 is 2.25 bits per heavy atom. The third-order valence-electron chi connectivity index (χ3n) is 6.83. The number of halogens is 2. The van der Waals surface area contributed by atoms with E-state index in [2.05, 4.69) is 30.9 Å². The summed E-state index contributed by atoms with van der Waals surface area (Å²) in [7, 11) is 0. The van der Waals surface area contributed by atoms with Gasteiger partial charge in [-0.1, -0.05) is 0 Å². The number of ether oxygens (including phenoxy) is 1. The first-order valence-corrected chi connectivity index (χ1v) is 13.7. The number of fused-ring (bicyclic) bond motifs is 1. The van der Waals surface area contributed by atoms with Crippen LogP contribution >= 0.6 is 0 Å². The summed E-state index contributed by atoms with van der Waals surface area (Å²) in [6, 6.07) is 15.1. The quantitative estimate of drug-likeness (QED) is 0.220. The zero-order chi connectivity index (χ0) is 30.6. The van der Waals surface area contributed by atoms with Crippen LogP contribution in [0.1, 0.15) is 6.92 Å². The predicted octanol–water partition coefficient (Wildman–Crippen LogP) is 5.47. The van der Waals surface area contributed by atoms with Crippen molar-refractivity contribution in [2.75, 3.05) is 47.2 Å². The second kappa shape index (κ2) is 12.4. The minimum absolute atomic E-state index is 0.109. The Hall–Kier alpha value is -5.56. The molecule has 0 spiro atoms. The maximum absolute atomic E-state index is 15.5. The number of carbonyl (C=O) groups excluding carboxylic acids is 2. The Kier molecular flexibility index (Phi) is 8.02. The minimum atomic E-state index is -0.655. The van der Waals surface area contributed by atoms with E-state index in [1.54, 1.807) is 54.7 Å². The molecular weight excluding hydrogens is 570 g/mol. The Bertz CT molecular complexity index is 1860. The Morgan fingerprint density at radius 2 is 1.55 bits per heavy atom. The van der Waals surface area contributed by atoms with Gasteiger partial charge >= 0.3 is 6.03 Å². The molecule has 0 radical (unpaired) electrons. The first-order valence-electron chi connectivity index (χ1n) is 13.7. The molecule has 3 aromatic heterocycles. The fraction of sp³-hybridized carbons (Fsp3) is 0.161. The summed E-state index contributed by atoms with van der Waals surface area (Å²) in [5.74, 6) is -0.884. The van der Waals surface area contributed by atoms with Crippen LogP contribution in [-0.4, -0.2) is 58.2 Å². The van der Waals surface area contributed by atoms with Crippen molar-refractivity contribution >= 4 is 45.9 Å². The van der Waals surface area contributed by atoms with Crippen LogP contribution in [0.5, 0.6) is 0 Å². The summed E-state index contributed by atoms with van der Waals surface area (Å²) >= 11 is 0. The molecule has 0 atom stereocenters. The molecule has 0 aliphatic carbocycles. The molecular formula is C31H26F2N8O3. The number of nitrogens with zero attached hydrogens (tertiary/aromatic N) is 5. The maximum atomic E-state index is 15.5. The van der Waals surface area contributed by atoms with Gasteiger partial charge in [0.1, 0.15) is 11.3 Å². The molecule has 44 heavy (non-hydrogen) atoms. The number of anilines is 4. The van der Waals surface area contributed by atoms with E-state index in [1.165, 1.54) is 25.3 Å². The predicted molar refractivity (Wildman–Crippen MR) is 162 cm³/mol. The van der Waals surface area contributed by atoms with Crippen molar-refractivity contribution < 1.29 is 23.1 Å². The molecule has 1 aliphatic heterocycles. The molecule has 222 valence electrons. The van der Waals surface area contributed by atoms with Gasteiger partial charge in [0.05, 0.1) is 24.3 Å². The molecule has 1 saturated heterocycles. The lowest BCUT2D eigenvalue weighted by Crippen LogP contribution is -2.37. The minimum Gasteiger partial charge on any atom is -0.378 e. The van der Waals surface area contributed by atoms with Gasteiger partial charge in [-0.3, -0.25) is 9.78 Å². The average Bonchev–Trinajstić information content (AvgIpc) is 3.01. The van der Waals surface area contributed by atoms with E-state index < -0.39 is 17.8 Å². The molecule has 0 bridgehead atoms. The summed E-state index contributed by atoms with van der Waals surface area (Å²) in [6.07, 6.45) is 2.90. The second-order valence-electron chi connectivity index (χ2n) is 9.94. The van der Waals surface area contributed by atoms with Crippen LogP contribution in [0, 0.1) is 11.8 Å². The molecule has 13 heteroatoms. The average molecular weight is 597 g/mol. The molecule has 11 nitrogen and oxygen atoms in total.